The van der Waals surface area contributed by atoms with Gasteiger partial charge in [-0.25, -0.2) is 4.79 Å². The smallest absolute Gasteiger partial charge is 0.338 e. The molecule has 10 unspecified atom stereocenters. The fourth-order valence-electron chi connectivity index (χ4n) is 5.30. The third kappa shape index (κ3) is 3.37. The van der Waals surface area contributed by atoms with Crippen molar-refractivity contribution in [1.29, 1.82) is 0 Å². The molecule has 172 valence electrons. The average Bonchev–Trinajstić information content (AvgIpc) is 3.07. The first-order valence-electron chi connectivity index (χ1n) is 10.3. The topological polar surface area (TPSA) is 163 Å². The van der Waals surface area contributed by atoms with Crippen molar-refractivity contribution in [3.8, 4) is 0 Å². The Labute approximate surface area is 178 Å². The summed E-state index contributed by atoms with van der Waals surface area (Å²) in [5, 5.41) is 50.9. The van der Waals surface area contributed by atoms with Gasteiger partial charge in [0.1, 0.15) is 30.5 Å². The number of carbonyl (C=O) groups excluding carboxylic acids is 2. The van der Waals surface area contributed by atoms with E-state index < -0.39 is 72.9 Å². The Kier molecular flexibility index (Phi) is 5.62. The summed E-state index contributed by atoms with van der Waals surface area (Å²) in [6.45, 7) is 4.22. The summed E-state index contributed by atoms with van der Waals surface area (Å²) in [5.74, 6) is -2.44. The minimum Gasteiger partial charge on any atom is -0.459 e. The van der Waals surface area contributed by atoms with E-state index in [0.29, 0.717) is 16.7 Å². The van der Waals surface area contributed by atoms with Crippen molar-refractivity contribution in [2.45, 2.75) is 75.7 Å². The molecular formula is C21H28O10. The van der Waals surface area contributed by atoms with Crippen LogP contribution in [0.4, 0.5) is 0 Å². The molecule has 10 heteroatoms. The van der Waals surface area contributed by atoms with Gasteiger partial charge in [0.25, 0.3) is 0 Å². The van der Waals surface area contributed by atoms with Crippen LogP contribution in [0, 0.1) is 11.8 Å². The summed E-state index contributed by atoms with van der Waals surface area (Å²) in [6, 6.07) is 0. The Hall–Kier alpha value is -1.66. The molecule has 2 saturated heterocycles. The zero-order chi connectivity index (χ0) is 22.8. The Morgan fingerprint density at radius 1 is 1.16 bits per heavy atom. The first-order chi connectivity index (χ1) is 14.5. The van der Waals surface area contributed by atoms with E-state index in [2.05, 4.69) is 0 Å². The van der Waals surface area contributed by atoms with Gasteiger partial charge in [0.05, 0.1) is 18.6 Å². The molecule has 0 aromatic rings. The molecule has 0 bridgehead atoms. The van der Waals surface area contributed by atoms with Crippen LogP contribution in [0.1, 0.15) is 27.2 Å². The number of ketones is 1. The van der Waals surface area contributed by atoms with E-state index in [1.165, 1.54) is 13.0 Å². The second kappa shape index (κ2) is 7.73. The highest BCUT2D eigenvalue weighted by molar-refractivity contribution is 6.09. The van der Waals surface area contributed by atoms with E-state index in [1.54, 1.807) is 13.8 Å². The monoisotopic (exact) mass is 440 g/mol. The molecule has 0 amide bonds. The molecule has 4 aliphatic rings. The third-order valence-electron chi connectivity index (χ3n) is 6.94. The highest BCUT2D eigenvalue weighted by Gasteiger charge is 2.62. The van der Waals surface area contributed by atoms with Crippen LogP contribution in [0.3, 0.4) is 0 Å². The second-order valence-electron chi connectivity index (χ2n) is 9.04. The first-order valence-corrected chi connectivity index (χ1v) is 10.3. The number of esters is 1. The van der Waals surface area contributed by atoms with E-state index in [-0.39, 0.29) is 12.2 Å². The van der Waals surface area contributed by atoms with Gasteiger partial charge in [0.2, 0.25) is 0 Å². The van der Waals surface area contributed by atoms with E-state index in [0.717, 1.165) is 0 Å². The number of hydrogen-bond acceptors (Lipinski definition) is 10. The number of fused-ring (bicyclic) bond motifs is 3. The van der Waals surface area contributed by atoms with Crippen LogP contribution in [0.25, 0.3) is 0 Å². The normalized spacial score (nSPS) is 47.6. The predicted molar refractivity (Wildman–Crippen MR) is 102 cm³/mol. The first kappa shape index (κ1) is 22.5. The molecule has 2 aliphatic carbocycles. The van der Waals surface area contributed by atoms with E-state index in [1.807, 2.05) is 0 Å². The quantitative estimate of drug-likeness (QED) is 0.321. The summed E-state index contributed by atoms with van der Waals surface area (Å²) in [7, 11) is 0. The molecular weight excluding hydrogens is 412 g/mol. The maximum absolute atomic E-state index is 12.6. The summed E-state index contributed by atoms with van der Waals surface area (Å²) in [5.41, 5.74) is -0.0179. The Bertz CT molecular complexity index is 843. The van der Waals surface area contributed by atoms with Crippen molar-refractivity contribution < 1.29 is 49.3 Å². The number of allylic oxidation sites excluding steroid dienone is 1. The summed E-state index contributed by atoms with van der Waals surface area (Å²) < 4.78 is 17.0. The molecule has 5 N–H and O–H groups in total. The van der Waals surface area contributed by atoms with Gasteiger partial charge >= 0.3 is 5.97 Å². The number of aliphatic hydroxyl groups excluding tert-OH is 4. The summed E-state index contributed by atoms with van der Waals surface area (Å²) in [4.78, 5) is 25.1. The van der Waals surface area contributed by atoms with Crippen LogP contribution in [0.5, 0.6) is 0 Å². The van der Waals surface area contributed by atoms with Gasteiger partial charge in [-0.05, 0) is 33.3 Å². The van der Waals surface area contributed by atoms with E-state index in [9.17, 15) is 35.1 Å². The molecule has 10 nitrogen and oxygen atoms in total. The maximum atomic E-state index is 12.6. The van der Waals surface area contributed by atoms with Gasteiger partial charge < -0.3 is 39.7 Å². The van der Waals surface area contributed by atoms with Gasteiger partial charge in [-0.3, -0.25) is 4.79 Å². The highest BCUT2D eigenvalue weighted by Crippen LogP contribution is 2.50. The Balaban J connectivity index is 1.70. The lowest BCUT2D eigenvalue weighted by molar-refractivity contribution is -0.318. The molecule has 4 rings (SSSR count). The van der Waals surface area contributed by atoms with Crippen LogP contribution in [-0.4, -0.2) is 92.4 Å². The third-order valence-corrected chi connectivity index (χ3v) is 6.94. The van der Waals surface area contributed by atoms with Crippen LogP contribution in [-0.2, 0) is 23.8 Å². The van der Waals surface area contributed by atoms with E-state index >= 15 is 0 Å². The number of hydrogen-bond donors (Lipinski definition) is 5. The SMILES string of the molecule is CC1=CC(=O)C2=C(C)CC(OC3OC(CO)C(O)C(O)C3O)C3C(OC(=O)C3(C)O)C12. The fraction of sp³-hybridized carbons (Fsp3) is 0.714. The lowest BCUT2D eigenvalue weighted by Gasteiger charge is -2.42. The minimum absolute atomic E-state index is 0.141. The van der Waals surface area contributed by atoms with Crippen molar-refractivity contribution in [2.75, 3.05) is 6.61 Å². The number of aliphatic hydroxyl groups is 5. The molecule has 0 saturated carbocycles. The zero-order valence-electron chi connectivity index (χ0n) is 17.5. The van der Waals surface area contributed by atoms with Crippen molar-refractivity contribution in [3.05, 3.63) is 22.8 Å². The minimum atomic E-state index is -1.93. The van der Waals surface area contributed by atoms with Gasteiger partial charge in [0.15, 0.2) is 17.7 Å². The van der Waals surface area contributed by atoms with Gasteiger partial charge in [-0.1, -0.05) is 11.1 Å². The van der Waals surface area contributed by atoms with Gasteiger partial charge in [-0.15, -0.1) is 0 Å². The summed E-state index contributed by atoms with van der Waals surface area (Å²) in [6.07, 6.45) is -7.59. The number of carbonyl (C=O) groups is 2. The molecule has 31 heavy (non-hydrogen) atoms. The van der Waals surface area contributed by atoms with Crippen molar-refractivity contribution in [3.63, 3.8) is 0 Å². The second-order valence-corrected chi connectivity index (χ2v) is 9.04. The van der Waals surface area contributed by atoms with Crippen LogP contribution < -0.4 is 0 Å². The molecule has 2 aliphatic heterocycles. The maximum Gasteiger partial charge on any atom is 0.338 e. The van der Waals surface area contributed by atoms with Gasteiger partial charge in [-0.2, -0.15) is 0 Å². The van der Waals surface area contributed by atoms with Crippen LogP contribution in [0.2, 0.25) is 0 Å². The van der Waals surface area contributed by atoms with E-state index in [4.69, 9.17) is 14.2 Å². The molecule has 10 atom stereocenters. The van der Waals surface area contributed by atoms with Crippen molar-refractivity contribution in [2.24, 2.45) is 11.8 Å². The van der Waals surface area contributed by atoms with Crippen LogP contribution in [0.15, 0.2) is 22.8 Å². The number of rotatable bonds is 3. The molecule has 0 aromatic carbocycles. The molecule has 0 aromatic heterocycles. The predicted octanol–water partition coefficient (Wildman–Crippen LogP) is -1.67. The standard InChI is InChI=1S/C21H28O10/c1-7-4-9(23)12-8(2)5-10(14-18(13(7)12)31-20(27)21(14,3)28)29-19-17(26)16(25)15(24)11(6-22)30-19/h4,10-11,13-19,22,24-26,28H,5-6H2,1-3H3. The molecule has 0 spiro atoms. The van der Waals surface area contributed by atoms with Crippen molar-refractivity contribution >= 4 is 11.8 Å². The van der Waals surface area contributed by atoms with Gasteiger partial charge in [0, 0.05) is 11.5 Å². The lowest BCUT2D eigenvalue weighted by atomic mass is 9.77. The Morgan fingerprint density at radius 2 is 1.84 bits per heavy atom. The fourth-order valence-corrected chi connectivity index (χ4v) is 5.30. The molecule has 0 radical (unpaired) electrons. The van der Waals surface area contributed by atoms with Crippen LogP contribution >= 0.6 is 0 Å². The van der Waals surface area contributed by atoms with Crippen molar-refractivity contribution in [1.82, 2.24) is 0 Å². The molecule has 2 fully saturated rings. The zero-order valence-corrected chi connectivity index (χ0v) is 17.5. The largest absolute Gasteiger partial charge is 0.459 e. The lowest BCUT2D eigenvalue weighted by Crippen LogP contribution is -2.60. The summed E-state index contributed by atoms with van der Waals surface area (Å²) >= 11 is 0. The molecule has 2 heterocycles. The Morgan fingerprint density at radius 3 is 2.48 bits per heavy atom. The average molecular weight is 440 g/mol. The highest BCUT2D eigenvalue weighted by atomic mass is 16.7. The number of ether oxygens (including phenoxy) is 3.